The summed E-state index contributed by atoms with van der Waals surface area (Å²) in [6, 6.07) is 5.15. The van der Waals surface area contributed by atoms with Crippen LogP contribution in [0.25, 0.3) is 0 Å². The molecule has 112 valence electrons. The minimum atomic E-state index is -0.176. The van der Waals surface area contributed by atoms with E-state index in [1.165, 1.54) is 0 Å². The fourth-order valence-electron chi connectivity index (χ4n) is 2.10. The van der Waals surface area contributed by atoms with E-state index >= 15 is 0 Å². The first kappa shape index (κ1) is 16.3. The Hall–Kier alpha value is -1.75. The smallest absolute Gasteiger partial charge is 0.253 e. The number of nitrogens with two attached hydrogens (primary N) is 1. The lowest BCUT2D eigenvalue weighted by Gasteiger charge is -2.30. The van der Waals surface area contributed by atoms with E-state index in [4.69, 9.17) is 5.73 Å². The predicted octanol–water partition coefficient (Wildman–Crippen LogP) is 1.84. The Morgan fingerprint density at radius 2 is 2.00 bits per heavy atom. The van der Waals surface area contributed by atoms with E-state index in [1.807, 2.05) is 0 Å². The number of carbonyl (C=O) groups is 1. The first-order valence-corrected chi connectivity index (χ1v) is 6.98. The van der Waals surface area contributed by atoms with E-state index in [1.54, 1.807) is 25.2 Å². The zero-order valence-corrected chi connectivity index (χ0v) is 12.5. The summed E-state index contributed by atoms with van der Waals surface area (Å²) in [6.45, 7) is 4.83. The van der Waals surface area contributed by atoms with Crippen molar-refractivity contribution in [2.24, 2.45) is 5.41 Å². The van der Waals surface area contributed by atoms with Gasteiger partial charge in [-0.15, -0.1) is 0 Å². The lowest BCUT2D eigenvalue weighted by molar-refractivity contribution is 0.0963. The molecule has 0 heterocycles. The van der Waals surface area contributed by atoms with Gasteiger partial charge in [0.05, 0.1) is 12.2 Å². The Morgan fingerprint density at radius 1 is 1.35 bits per heavy atom. The number of anilines is 2. The molecule has 1 rings (SSSR count). The molecule has 0 bridgehead atoms. The molecule has 5 N–H and O–H groups in total. The highest BCUT2D eigenvalue weighted by Crippen LogP contribution is 2.27. The Balaban J connectivity index is 2.96. The van der Waals surface area contributed by atoms with Gasteiger partial charge >= 0.3 is 0 Å². The van der Waals surface area contributed by atoms with Crippen LogP contribution in [-0.2, 0) is 0 Å². The first-order valence-electron chi connectivity index (χ1n) is 6.98. The van der Waals surface area contributed by atoms with E-state index in [-0.39, 0.29) is 17.9 Å². The topological polar surface area (TPSA) is 87.4 Å². The van der Waals surface area contributed by atoms with Gasteiger partial charge in [-0.05, 0) is 31.0 Å². The average molecular weight is 279 g/mol. The molecule has 0 aliphatic heterocycles. The summed E-state index contributed by atoms with van der Waals surface area (Å²) < 4.78 is 0. The number of aliphatic hydroxyl groups is 1. The van der Waals surface area contributed by atoms with Crippen molar-refractivity contribution in [2.75, 3.05) is 31.2 Å². The van der Waals surface area contributed by atoms with Crippen LogP contribution in [0.4, 0.5) is 11.4 Å². The first-order chi connectivity index (χ1) is 9.51. The van der Waals surface area contributed by atoms with E-state index in [0.29, 0.717) is 23.5 Å². The van der Waals surface area contributed by atoms with Gasteiger partial charge < -0.3 is 21.5 Å². The van der Waals surface area contributed by atoms with Crippen LogP contribution in [0.1, 0.15) is 37.0 Å². The van der Waals surface area contributed by atoms with Crippen LogP contribution < -0.4 is 16.4 Å². The summed E-state index contributed by atoms with van der Waals surface area (Å²) in [4.78, 5) is 11.8. The fourth-order valence-corrected chi connectivity index (χ4v) is 2.10. The molecule has 5 heteroatoms. The van der Waals surface area contributed by atoms with Gasteiger partial charge in [0.25, 0.3) is 5.91 Å². The van der Waals surface area contributed by atoms with Crippen molar-refractivity contribution >= 4 is 17.3 Å². The molecule has 0 unspecified atom stereocenters. The molecule has 0 fully saturated rings. The van der Waals surface area contributed by atoms with Gasteiger partial charge in [0.15, 0.2) is 0 Å². The molecule has 0 saturated carbocycles. The lowest BCUT2D eigenvalue weighted by atomic mass is 9.83. The van der Waals surface area contributed by atoms with Crippen LogP contribution in [0.2, 0.25) is 0 Å². The number of nitrogens with one attached hydrogen (secondary N) is 2. The second-order valence-electron chi connectivity index (χ2n) is 5.10. The van der Waals surface area contributed by atoms with E-state index in [0.717, 1.165) is 12.8 Å². The largest absolute Gasteiger partial charge is 0.399 e. The van der Waals surface area contributed by atoms with Gasteiger partial charge in [0.1, 0.15) is 0 Å². The summed E-state index contributed by atoms with van der Waals surface area (Å²) in [5, 5.41) is 15.5. The van der Waals surface area contributed by atoms with Crippen molar-refractivity contribution in [3.8, 4) is 0 Å². The van der Waals surface area contributed by atoms with Crippen molar-refractivity contribution < 1.29 is 9.90 Å². The third-order valence-electron chi connectivity index (χ3n) is 4.00. The molecule has 0 aliphatic rings. The predicted molar refractivity (Wildman–Crippen MR) is 82.8 cm³/mol. The fraction of sp³-hybridized carbons (Fsp3) is 0.533. The van der Waals surface area contributed by atoms with Crippen molar-refractivity contribution in [3.05, 3.63) is 23.8 Å². The Kier molecular flexibility index (Phi) is 5.82. The number of hydrogen-bond acceptors (Lipinski definition) is 4. The van der Waals surface area contributed by atoms with E-state index < -0.39 is 0 Å². The van der Waals surface area contributed by atoms with Crippen LogP contribution in [0.15, 0.2) is 18.2 Å². The highest BCUT2D eigenvalue weighted by molar-refractivity contribution is 6.00. The van der Waals surface area contributed by atoms with Crippen LogP contribution >= 0.6 is 0 Å². The zero-order chi connectivity index (χ0) is 15.2. The molecule has 1 aromatic rings. The van der Waals surface area contributed by atoms with Crippen molar-refractivity contribution in [3.63, 3.8) is 0 Å². The third-order valence-corrected chi connectivity index (χ3v) is 4.00. The number of hydrogen-bond donors (Lipinski definition) is 4. The molecular weight excluding hydrogens is 254 g/mol. The molecule has 1 aromatic carbocycles. The molecule has 5 nitrogen and oxygen atoms in total. The molecule has 0 atom stereocenters. The number of amides is 1. The number of carbonyl (C=O) groups excluding carboxylic acids is 1. The molecule has 0 aliphatic carbocycles. The minimum Gasteiger partial charge on any atom is -0.399 e. The van der Waals surface area contributed by atoms with Crippen molar-refractivity contribution in [2.45, 2.75) is 26.7 Å². The quantitative estimate of drug-likeness (QED) is 0.574. The monoisotopic (exact) mass is 279 g/mol. The summed E-state index contributed by atoms with van der Waals surface area (Å²) in [7, 11) is 1.60. The highest BCUT2D eigenvalue weighted by Gasteiger charge is 2.25. The van der Waals surface area contributed by atoms with Crippen molar-refractivity contribution in [1.29, 1.82) is 0 Å². The van der Waals surface area contributed by atoms with Gasteiger partial charge in [-0.1, -0.05) is 13.8 Å². The van der Waals surface area contributed by atoms with E-state index in [2.05, 4.69) is 24.5 Å². The number of rotatable bonds is 7. The third kappa shape index (κ3) is 3.63. The maximum atomic E-state index is 11.8. The van der Waals surface area contributed by atoms with Crippen LogP contribution in [0.3, 0.4) is 0 Å². The van der Waals surface area contributed by atoms with Crippen LogP contribution in [0, 0.1) is 5.41 Å². The number of aliphatic hydroxyl groups excluding tert-OH is 1. The molecular formula is C15H25N3O2. The zero-order valence-electron chi connectivity index (χ0n) is 12.5. The van der Waals surface area contributed by atoms with Crippen LogP contribution in [0.5, 0.6) is 0 Å². The Labute approximate surface area is 120 Å². The molecule has 1 amide bonds. The van der Waals surface area contributed by atoms with Crippen LogP contribution in [-0.4, -0.2) is 31.2 Å². The number of benzene rings is 1. The molecule has 0 saturated heterocycles. The molecule has 20 heavy (non-hydrogen) atoms. The summed E-state index contributed by atoms with van der Waals surface area (Å²) in [5.74, 6) is -0.157. The summed E-state index contributed by atoms with van der Waals surface area (Å²) in [6.07, 6.45) is 1.73. The normalized spacial score (nSPS) is 11.2. The number of nitrogen functional groups attached to an aromatic ring is 1. The Morgan fingerprint density at radius 3 is 2.50 bits per heavy atom. The summed E-state index contributed by atoms with van der Waals surface area (Å²) in [5.41, 5.74) is 7.46. The van der Waals surface area contributed by atoms with Gasteiger partial charge in [-0.2, -0.15) is 0 Å². The summed E-state index contributed by atoms with van der Waals surface area (Å²) >= 11 is 0. The average Bonchev–Trinajstić information content (AvgIpc) is 2.48. The minimum absolute atomic E-state index is 0.116. The van der Waals surface area contributed by atoms with Gasteiger partial charge in [-0.25, -0.2) is 0 Å². The van der Waals surface area contributed by atoms with Gasteiger partial charge in [0.2, 0.25) is 0 Å². The van der Waals surface area contributed by atoms with Gasteiger partial charge in [-0.3, -0.25) is 4.79 Å². The van der Waals surface area contributed by atoms with Gasteiger partial charge in [0, 0.05) is 30.4 Å². The maximum absolute atomic E-state index is 11.8. The van der Waals surface area contributed by atoms with Crippen molar-refractivity contribution in [1.82, 2.24) is 5.32 Å². The SMILES string of the molecule is CCC(CC)(CO)CNc1cc(N)ccc1C(=O)NC. The molecule has 0 spiro atoms. The highest BCUT2D eigenvalue weighted by atomic mass is 16.3. The molecule has 0 aromatic heterocycles. The standard InChI is InChI=1S/C15H25N3O2/c1-4-15(5-2,10-19)9-18-13-8-11(16)6-7-12(13)14(20)17-3/h6-8,18-19H,4-5,9-10,16H2,1-3H3,(H,17,20). The second kappa shape index (κ2) is 7.14. The maximum Gasteiger partial charge on any atom is 0.253 e. The Bertz CT molecular complexity index is 448. The van der Waals surface area contributed by atoms with E-state index in [9.17, 15) is 9.90 Å². The molecule has 0 radical (unpaired) electrons. The second-order valence-corrected chi connectivity index (χ2v) is 5.10. The lowest BCUT2D eigenvalue weighted by Crippen LogP contribution is -2.33.